The highest BCUT2D eigenvalue weighted by Gasteiger charge is 2.17. The number of amides is 2. The van der Waals surface area contributed by atoms with Crippen LogP contribution in [0.4, 0.5) is 5.69 Å². The number of benzene rings is 1. The Hall–Kier alpha value is -1.24. The Bertz CT molecular complexity index is 507. The first-order chi connectivity index (χ1) is 10.2. The number of para-hydroxylation sites is 1. The van der Waals surface area contributed by atoms with E-state index in [0.717, 1.165) is 0 Å². The fourth-order valence-electron chi connectivity index (χ4n) is 1.88. The lowest BCUT2D eigenvalue weighted by Gasteiger charge is -2.26. The first-order valence-electron chi connectivity index (χ1n) is 6.64. The minimum absolute atomic E-state index is 0.0499. The second-order valence-electron chi connectivity index (χ2n) is 4.51. The number of halogens is 1. The van der Waals surface area contributed by atoms with E-state index in [0.29, 0.717) is 42.8 Å². The molecule has 0 unspecified atom stereocenters. The van der Waals surface area contributed by atoms with Gasteiger partial charge in [0.05, 0.1) is 35.4 Å². The highest BCUT2D eigenvalue weighted by Crippen LogP contribution is 2.20. The van der Waals surface area contributed by atoms with Crippen LogP contribution < -0.4 is 5.32 Å². The van der Waals surface area contributed by atoms with Gasteiger partial charge in [-0.25, -0.2) is 0 Å². The molecule has 0 aromatic heterocycles. The van der Waals surface area contributed by atoms with Crippen LogP contribution in [0.1, 0.15) is 0 Å². The summed E-state index contributed by atoms with van der Waals surface area (Å²) in [5.74, 6) is 0.411. The van der Waals surface area contributed by atoms with Crippen LogP contribution in [-0.2, 0) is 14.3 Å². The van der Waals surface area contributed by atoms with Gasteiger partial charge in [0.2, 0.25) is 11.8 Å². The van der Waals surface area contributed by atoms with Gasteiger partial charge in [-0.3, -0.25) is 9.59 Å². The van der Waals surface area contributed by atoms with Crippen molar-refractivity contribution in [3.8, 4) is 0 Å². The van der Waals surface area contributed by atoms with Crippen molar-refractivity contribution in [2.75, 3.05) is 43.1 Å². The van der Waals surface area contributed by atoms with E-state index < -0.39 is 0 Å². The molecule has 2 rings (SSSR count). The van der Waals surface area contributed by atoms with E-state index in [2.05, 4.69) is 5.32 Å². The number of hydrogen-bond donors (Lipinski definition) is 1. The van der Waals surface area contributed by atoms with Crippen molar-refractivity contribution in [1.82, 2.24) is 4.90 Å². The SMILES string of the molecule is O=C(CSCC(=O)N1CCOCC1)Nc1ccccc1Cl. The number of ether oxygens (including phenoxy) is 1. The van der Waals surface area contributed by atoms with Gasteiger partial charge < -0.3 is 15.0 Å². The predicted molar refractivity (Wildman–Crippen MR) is 84.8 cm³/mol. The normalized spacial score (nSPS) is 14.8. The molecule has 1 aromatic rings. The minimum Gasteiger partial charge on any atom is -0.378 e. The standard InChI is InChI=1S/C14H17ClN2O3S/c15-11-3-1-2-4-12(11)16-13(18)9-21-10-14(19)17-5-7-20-8-6-17/h1-4H,5-10H2,(H,16,18). The maximum Gasteiger partial charge on any atom is 0.234 e. The number of carbonyl (C=O) groups excluding carboxylic acids is 2. The smallest absolute Gasteiger partial charge is 0.234 e. The summed E-state index contributed by atoms with van der Waals surface area (Å²) < 4.78 is 5.19. The van der Waals surface area contributed by atoms with E-state index in [1.165, 1.54) is 11.8 Å². The van der Waals surface area contributed by atoms with E-state index in [1.807, 2.05) is 0 Å². The van der Waals surface area contributed by atoms with E-state index >= 15 is 0 Å². The van der Waals surface area contributed by atoms with Gasteiger partial charge in [0.25, 0.3) is 0 Å². The number of carbonyl (C=O) groups is 2. The van der Waals surface area contributed by atoms with Gasteiger partial charge in [-0.2, -0.15) is 0 Å². The molecule has 1 aromatic carbocycles. The molecule has 114 valence electrons. The summed E-state index contributed by atoms with van der Waals surface area (Å²) in [7, 11) is 0. The summed E-state index contributed by atoms with van der Waals surface area (Å²) in [4.78, 5) is 25.4. The molecule has 0 spiro atoms. The first kappa shape index (κ1) is 16.1. The van der Waals surface area contributed by atoms with Crippen LogP contribution in [0.2, 0.25) is 5.02 Å². The molecule has 0 aliphatic carbocycles. The predicted octanol–water partition coefficient (Wildman–Crippen LogP) is 1.87. The summed E-state index contributed by atoms with van der Waals surface area (Å²) >= 11 is 7.26. The maximum absolute atomic E-state index is 11.9. The van der Waals surface area contributed by atoms with E-state index in [9.17, 15) is 9.59 Å². The van der Waals surface area contributed by atoms with Gasteiger partial charge in [0.15, 0.2) is 0 Å². The lowest BCUT2D eigenvalue weighted by atomic mass is 10.3. The minimum atomic E-state index is -0.164. The number of morpholine rings is 1. The summed E-state index contributed by atoms with van der Waals surface area (Å²) in [5.41, 5.74) is 0.587. The third-order valence-corrected chi connectivity index (χ3v) is 4.22. The van der Waals surface area contributed by atoms with Crippen molar-refractivity contribution in [2.45, 2.75) is 0 Å². The Morgan fingerprint density at radius 1 is 1.24 bits per heavy atom. The topological polar surface area (TPSA) is 58.6 Å². The molecule has 0 radical (unpaired) electrons. The number of anilines is 1. The molecule has 0 saturated carbocycles. The lowest BCUT2D eigenvalue weighted by molar-refractivity contribution is -0.132. The van der Waals surface area contributed by atoms with Crippen molar-refractivity contribution < 1.29 is 14.3 Å². The van der Waals surface area contributed by atoms with Gasteiger partial charge >= 0.3 is 0 Å². The molecule has 7 heteroatoms. The Morgan fingerprint density at radius 3 is 2.67 bits per heavy atom. The van der Waals surface area contributed by atoms with Crippen LogP contribution in [0, 0.1) is 0 Å². The van der Waals surface area contributed by atoms with Crippen molar-refractivity contribution in [1.29, 1.82) is 0 Å². The summed E-state index contributed by atoms with van der Waals surface area (Å²) in [6.07, 6.45) is 0. The Kier molecular flexibility index (Phi) is 6.35. The largest absolute Gasteiger partial charge is 0.378 e. The number of thioether (sulfide) groups is 1. The molecular formula is C14H17ClN2O3S. The zero-order valence-corrected chi connectivity index (χ0v) is 13.1. The monoisotopic (exact) mass is 328 g/mol. The molecule has 0 atom stereocenters. The molecule has 0 bridgehead atoms. The van der Waals surface area contributed by atoms with Gasteiger partial charge in [-0.15, -0.1) is 11.8 Å². The second-order valence-corrected chi connectivity index (χ2v) is 5.91. The van der Waals surface area contributed by atoms with Gasteiger partial charge in [0, 0.05) is 13.1 Å². The third-order valence-electron chi connectivity index (χ3n) is 2.97. The van der Waals surface area contributed by atoms with Gasteiger partial charge in [0.1, 0.15) is 0 Å². The molecule has 1 aliphatic rings. The summed E-state index contributed by atoms with van der Waals surface area (Å²) in [6, 6.07) is 7.06. The van der Waals surface area contributed by atoms with Crippen LogP contribution in [-0.4, -0.2) is 54.5 Å². The Balaban J connectivity index is 1.69. The van der Waals surface area contributed by atoms with E-state index in [4.69, 9.17) is 16.3 Å². The van der Waals surface area contributed by atoms with Crippen LogP contribution >= 0.6 is 23.4 Å². The average molecular weight is 329 g/mol. The van der Waals surface area contributed by atoms with Crippen molar-refractivity contribution in [3.63, 3.8) is 0 Å². The highest BCUT2D eigenvalue weighted by atomic mass is 35.5. The fraction of sp³-hybridized carbons (Fsp3) is 0.429. The van der Waals surface area contributed by atoms with Crippen molar-refractivity contribution in [2.24, 2.45) is 0 Å². The summed E-state index contributed by atoms with van der Waals surface area (Å²) in [6.45, 7) is 2.43. The zero-order valence-electron chi connectivity index (χ0n) is 11.5. The van der Waals surface area contributed by atoms with Crippen LogP contribution in [0.5, 0.6) is 0 Å². The van der Waals surface area contributed by atoms with Gasteiger partial charge in [-0.05, 0) is 12.1 Å². The molecule has 1 fully saturated rings. The molecule has 1 saturated heterocycles. The van der Waals surface area contributed by atoms with E-state index in [1.54, 1.807) is 29.2 Å². The first-order valence-corrected chi connectivity index (χ1v) is 8.18. The molecule has 2 amide bonds. The maximum atomic E-state index is 11.9. The summed E-state index contributed by atoms with van der Waals surface area (Å²) in [5, 5.41) is 3.23. The average Bonchev–Trinajstić information content (AvgIpc) is 2.50. The molecule has 1 heterocycles. The van der Waals surface area contributed by atoms with Crippen LogP contribution in [0.25, 0.3) is 0 Å². The molecule has 21 heavy (non-hydrogen) atoms. The lowest BCUT2D eigenvalue weighted by Crippen LogP contribution is -2.41. The van der Waals surface area contributed by atoms with Crippen molar-refractivity contribution in [3.05, 3.63) is 29.3 Å². The second kappa shape index (κ2) is 8.26. The molecule has 1 N–H and O–H groups in total. The van der Waals surface area contributed by atoms with Crippen molar-refractivity contribution >= 4 is 40.9 Å². The number of nitrogens with one attached hydrogen (secondary N) is 1. The third kappa shape index (κ3) is 5.22. The Morgan fingerprint density at radius 2 is 1.95 bits per heavy atom. The molecule has 1 aliphatic heterocycles. The number of rotatable bonds is 5. The van der Waals surface area contributed by atoms with Crippen LogP contribution in [0.15, 0.2) is 24.3 Å². The molecule has 5 nitrogen and oxygen atoms in total. The quantitative estimate of drug-likeness (QED) is 0.896. The van der Waals surface area contributed by atoms with E-state index in [-0.39, 0.29) is 17.6 Å². The molecular weight excluding hydrogens is 312 g/mol. The fourth-order valence-corrected chi connectivity index (χ4v) is 2.78. The van der Waals surface area contributed by atoms with Gasteiger partial charge in [-0.1, -0.05) is 23.7 Å². The zero-order chi connectivity index (χ0) is 15.1. The number of hydrogen-bond acceptors (Lipinski definition) is 4. The highest BCUT2D eigenvalue weighted by molar-refractivity contribution is 8.00. The Labute approximate surface area is 133 Å². The number of nitrogens with zero attached hydrogens (tertiary/aromatic N) is 1. The van der Waals surface area contributed by atoms with Crippen LogP contribution in [0.3, 0.4) is 0 Å².